The first-order valence-electron chi connectivity index (χ1n) is 9.87. The number of rotatable bonds is 8. The highest BCUT2D eigenvalue weighted by atomic mass is 33.1. The number of nitrogens with zero attached hydrogens (tertiary/aromatic N) is 1. The van der Waals surface area contributed by atoms with Crippen LogP contribution < -0.4 is 5.32 Å². The quantitative estimate of drug-likeness (QED) is 0.380. The Balaban J connectivity index is 1.41. The summed E-state index contributed by atoms with van der Waals surface area (Å²) in [6.45, 7) is 0. The van der Waals surface area contributed by atoms with Crippen LogP contribution in [0.4, 0.5) is 0 Å². The van der Waals surface area contributed by atoms with Gasteiger partial charge in [0.1, 0.15) is 11.9 Å². The SMILES string of the molecule is O=C(CCCCC1CCSS1)N[C@@H](c1ccccc1)c1nc2ccccc2[nH]1. The molecule has 2 atom stereocenters. The summed E-state index contributed by atoms with van der Waals surface area (Å²) in [7, 11) is 3.99. The summed E-state index contributed by atoms with van der Waals surface area (Å²) >= 11 is 0. The lowest BCUT2D eigenvalue weighted by molar-refractivity contribution is -0.121. The van der Waals surface area contributed by atoms with Gasteiger partial charge in [0.05, 0.1) is 11.0 Å². The molecule has 1 saturated heterocycles. The molecule has 0 saturated carbocycles. The fourth-order valence-corrected chi connectivity index (χ4v) is 6.55. The second-order valence-corrected chi connectivity index (χ2v) is 9.91. The van der Waals surface area contributed by atoms with E-state index in [1.807, 2.05) is 76.2 Å². The van der Waals surface area contributed by atoms with E-state index in [0.717, 1.165) is 40.5 Å². The van der Waals surface area contributed by atoms with Gasteiger partial charge in [-0.05, 0) is 37.0 Å². The molecule has 1 aliphatic rings. The lowest BCUT2D eigenvalue weighted by atomic mass is 10.1. The predicted octanol–water partition coefficient (Wildman–Crippen LogP) is 5.48. The number of aromatic nitrogens is 2. The zero-order valence-electron chi connectivity index (χ0n) is 15.8. The Labute approximate surface area is 173 Å². The maximum Gasteiger partial charge on any atom is 0.220 e. The maximum atomic E-state index is 12.6. The molecule has 0 aliphatic carbocycles. The Kier molecular flexibility index (Phi) is 6.60. The van der Waals surface area contributed by atoms with E-state index in [1.54, 1.807) is 0 Å². The first-order valence-corrected chi connectivity index (χ1v) is 12.2. The van der Waals surface area contributed by atoms with E-state index in [2.05, 4.69) is 10.3 Å². The molecule has 0 bridgehead atoms. The Morgan fingerprint density at radius 3 is 2.75 bits per heavy atom. The summed E-state index contributed by atoms with van der Waals surface area (Å²) in [5.41, 5.74) is 2.94. The van der Waals surface area contributed by atoms with Crippen LogP contribution in [0.2, 0.25) is 0 Å². The Morgan fingerprint density at radius 2 is 1.96 bits per heavy atom. The highest BCUT2D eigenvalue weighted by Crippen LogP contribution is 2.39. The normalized spacial score (nSPS) is 17.6. The van der Waals surface area contributed by atoms with Crippen molar-refractivity contribution in [3.8, 4) is 0 Å². The minimum absolute atomic E-state index is 0.0859. The summed E-state index contributed by atoms with van der Waals surface area (Å²) in [5.74, 6) is 2.13. The smallest absolute Gasteiger partial charge is 0.220 e. The number of amides is 1. The van der Waals surface area contributed by atoms with Crippen molar-refractivity contribution < 1.29 is 4.79 Å². The van der Waals surface area contributed by atoms with E-state index in [9.17, 15) is 4.79 Å². The summed E-state index contributed by atoms with van der Waals surface area (Å²) in [6.07, 6.45) is 5.15. The second-order valence-electron chi connectivity index (χ2n) is 7.13. The highest BCUT2D eigenvalue weighted by molar-refractivity contribution is 8.77. The van der Waals surface area contributed by atoms with E-state index in [1.165, 1.54) is 18.6 Å². The molecule has 1 aromatic heterocycles. The average molecular weight is 412 g/mol. The fraction of sp³-hybridized carbons (Fsp3) is 0.364. The van der Waals surface area contributed by atoms with Gasteiger partial charge in [0.25, 0.3) is 0 Å². The first-order chi connectivity index (χ1) is 13.8. The molecule has 28 heavy (non-hydrogen) atoms. The van der Waals surface area contributed by atoms with Gasteiger partial charge < -0.3 is 10.3 Å². The molecule has 4 rings (SSSR count). The number of hydrogen-bond acceptors (Lipinski definition) is 4. The van der Waals surface area contributed by atoms with Crippen LogP contribution in [-0.4, -0.2) is 26.9 Å². The molecule has 2 N–H and O–H groups in total. The molecule has 1 unspecified atom stereocenters. The highest BCUT2D eigenvalue weighted by Gasteiger charge is 2.20. The predicted molar refractivity (Wildman–Crippen MR) is 119 cm³/mol. The first kappa shape index (κ1) is 19.4. The van der Waals surface area contributed by atoms with Gasteiger partial charge in [0.2, 0.25) is 5.91 Å². The van der Waals surface area contributed by atoms with Crippen molar-refractivity contribution in [3.63, 3.8) is 0 Å². The topological polar surface area (TPSA) is 57.8 Å². The van der Waals surface area contributed by atoms with Crippen LogP contribution >= 0.6 is 21.6 Å². The number of fused-ring (bicyclic) bond motifs is 1. The molecule has 2 aromatic carbocycles. The van der Waals surface area contributed by atoms with E-state index < -0.39 is 0 Å². The third-order valence-corrected chi connectivity index (χ3v) is 8.03. The Morgan fingerprint density at radius 1 is 1.14 bits per heavy atom. The van der Waals surface area contributed by atoms with Gasteiger partial charge in [-0.25, -0.2) is 4.98 Å². The van der Waals surface area contributed by atoms with Crippen LogP contribution in [0.1, 0.15) is 49.5 Å². The van der Waals surface area contributed by atoms with Crippen LogP contribution in [-0.2, 0) is 4.79 Å². The molecule has 2 heterocycles. The molecule has 0 spiro atoms. The average Bonchev–Trinajstić information content (AvgIpc) is 3.39. The number of para-hydroxylation sites is 2. The molecule has 6 heteroatoms. The number of carbonyl (C=O) groups excluding carboxylic acids is 1. The maximum absolute atomic E-state index is 12.6. The number of aromatic amines is 1. The van der Waals surface area contributed by atoms with Crippen molar-refractivity contribution >= 4 is 38.5 Å². The number of carbonyl (C=O) groups is 1. The minimum atomic E-state index is -0.261. The van der Waals surface area contributed by atoms with Crippen LogP contribution in [0, 0.1) is 0 Å². The summed E-state index contributed by atoms with van der Waals surface area (Å²) in [5, 5.41) is 3.98. The summed E-state index contributed by atoms with van der Waals surface area (Å²) in [6, 6.07) is 17.7. The largest absolute Gasteiger partial charge is 0.342 e. The van der Waals surface area contributed by atoms with Crippen LogP contribution in [0.5, 0.6) is 0 Å². The number of nitrogens with one attached hydrogen (secondary N) is 2. The summed E-state index contributed by atoms with van der Waals surface area (Å²) < 4.78 is 0. The van der Waals surface area contributed by atoms with Crippen LogP contribution in [0.25, 0.3) is 11.0 Å². The van der Waals surface area contributed by atoms with Crippen molar-refractivity contribution in [2.24, 2.45) is 0 Å². The van der Waals surface area contributed by atoms with Gasteiger partial charge in [-0.15, -0.1) is 0 Å². The summed E-state index contributed by atoms with van der Waals surface area (Å²) in [4.78, 5) is 20.7. The van der Waals surface area contributed by atoms with Crippen LogP contribution in [0.15, 0.2) is 54.6 Å². The van der Waals surface area contributed by atoms with Gasteiger partial charge >= 0.3 is 0 Å². The van der Waals surface area contributed by atoms with Crippen molar-refractivity contribution in [2.75, 3.05) is 5.75 Å². The van der Waals surface area contributed by atoms with Crippen molar-refractivity contribution in [1.29, 1.82) is 0 Å². The standard InChI is InChI=1S/C22H25N3OS2/c26-20(13-7-4-10-17-14-15-27-28-17)25-21(16-8-2-1-3-9-16)22-23-18-11-5-6-12-19(18)24-22/h1-3,5-6,8-9,11-12,17,21H,4,7,10,13-15H2,(H,23,24)(H,25,26)/t17?,21-/m0/s1. The number of imidazole rings is 1. The molecule has 1 fully saturated rings. The molecule has 146 valence electrons. The van der Waals surface area contributed by atoms with E-state index >= 15 is 0 Å². The number of hydrogen-bond donors (Lipinski definition) is 2. The molecular weight excluding hydrogens is 386 g/mol. The number of benzene rings is 2. The van der Waals surface area contributed by atoms with Gasteiger partial charge in [0, 0.05) is 17.4 Å². The van der Waals surface area contributed by atoms with E-state index in [-0.39, 0.29) is 11.9 Å². The molecule has 1 aliphatic heterocycles. The van der Waals surface area contributed by atoms with Gasteiger partial charge in [-0.2, -0.15) is 0 Å². The molecule has 4 nitrogen and oxygen atoms in total. The number of unbranched alkanes of at least 4 members (excludes halogenated alkanes) is 1. The zero-order valence-corrected chi connectivity index (χ0v) is 17.4. The van der Waals surface area contributed by atoms with Gasteiger partial charge in [0.15, 0.2) is 0 Å². The fourth-order valence-electron chi connectivity index (χ4n) is 3.52. The molecular formula is C22H25N3OS2. The number of H-pyrrole nitrogens is 1. The van der Waals surface area contributed by atoms with E-state index in [4.69, 9.17) is 4.98 Å². The van der Waals surface area contributed by atoms with E-state index in [0.29, 0.717) is 6.42 Å². The van der Waals surface area contributed by atoms with Gasteiger partial charge in [-0.1, -0.05) is 70.5 Å². The zero-order chi connectivity index (χ0) is 19.2. The molecule has 1 amide bonds. The lowest BCUT2D eigenvalue weighted by Gasteiger charge is -2.17. The molecule has 3 aromatic rings. The van der Waals surface area contributed by atoms with Gasteiger partial charge in [-0.3, -0.25) is 4.79 Å². The monoisotopic (exact) mass is 411 g/mol. The Hall–Kier alpha value is -1.92. The molecule has 0 radical (unpaired) electrons. The lowest BCUT2D eigenvalue weighted by Crippen LogP contribution is -2.29. The van der Waals surface area contributed by atoms with Crippen LogP contribution in [0.3, 0.4) is 0 Å². The minimum Gasteiger partial charge on any atom is -0.342 e. The van der Waals surface area contributed by atoms with Crippen molar-refractivity contribution in [3.05, 3.63) is 66.0 Å². The van der Waals surface area contributed by atoms with Crippen molar-refractivity contribution in [2.45, 2.75) is 43.4 Å². The third kappa shape index (κ3) is 4.92. The van der Waals surface area contributed by atoms with Crippen molar-refractivity contribution in [1.82, 2.24) is 15.3 Å². The third-order valence-electron chi connectivity index (χ3n) is 5.03. The Bertz CT molecular complexity index is 873. The second kappa shape index (κ2) is 9.52.